The highest BCUT2D eigenvalue weighted by Gasteiger charge is 2.08. The van der Waals surface area contributed by atoms with Crippen molar-refractivity contribution in [2.24, 2.45) is 5.73 Å². The van der Waals surface area contributed by atoms with Crippen molar-refractivity contribution in [3.63, 3.8) is 0 Å². The highest BCUT2D eigenvalue weighted by atomic mass is 19.1. The Hall–Kier alpha value is -1.81. The van der Waals surface area contributed by atoms with Gasteiger partial charge in [0.2, 0.25) is 0 Å². The van der Waals surface area contributed by atoms with E-state index >= 15 is 0 Å². The van der Waals surface area contributed by atoms with E-state index in [-0.39, 0.29) is 11.9 Å². The number of hydrogen-bond acceptors (Lipinski definition) is 3. The maximum atomic E-state index is 12.7. The monoisotopic (exact) mass is 217 g/mol. The van der Waals surface area contributed by atoms with Crippen LogP contribution >= 0.6 is 0 Å². The summed E-state index contributed by atoms with van der Waals surface area (Å²) in [5.41, 5.74) is 7.76. The standard InChI is InChI=1S/C12H12FN3/c13-10-1-2-12(16-8-10)11(14)7-9-3-5-15-6-4-9/h1-6,8,11H,7,14H2. The molecule has 0 radical (unpaired) electrons. The largest absolute Gasteiger partial charge is 0.322 e. The number of aromatic nitrogens is 2. The lowest BCUT2D eigenvalue weighted by molar-refractivity contribution is 0.612. The SMILES string of the molecule is NC(Cc1ccncc1)c1ccc(F)cn1. The second kappa shape index (κ2) is 4.81. The lowest BCUT2D eigenvalue weighted by Crippen LogP contribution is -2.14. The third-order valence-electron chi connectivity index (χ3n) is 2.34. The average Bonchev–Trinajstić information content (AvgIpc) is 2.31. The fraction of sp³-hybridized carbons (Fsp3) is 0.167. The number of hydrogen-bond donors (Lipinski definition) is 1. The molecule has 1 atom stereocenters. The van der Waals surface area contributed by atoms with Crippen LogP contribution < -0.4 is 5.73 Å². The number of halogens is 1. The fourth-order valence-electron chi connectivity index (χ4n) is 1.48. The molecule has 0 aromatic carbocycles. The second-order valence-corrected chi connectivity index (χ2v) is 3.57. The maximum absolute atomic E-state index is 12.7. The number of pyridine rings is 2. The molecule has 82 valence electrons. The fourth-order valence-corrected chi connectivity index (χ4v) is 1.48. The second-order valence-electron chi connectivity index (χ2n) is 3.57. The normalized spacial score (nSPS) is 12.4. The van der Waals surface area contributed by atoms with E-state index in [1.807, 2.05) is 12.1 Å². The van der Waals surface area contributed by atoms with Crippen LogP contribution in [0.2, 0.25) is 0 Å². The van der Waals surface area contributed by atoms with Gasteiger partial charge in [0.05, 0.1) is 17.9 Å². The Morgan fingerprint density at radius 1 is 1.19 bits per heavy atom. The Morgan fingerprint density at radius 3 is 2.56 bits per heavy atom. The van der Waals surface area contributed by atoms with Gasteiger partial charge in [-0.15, -0.1) is 0 Å². The van der Waals surface area contributed by atoms with Gasteiger partial charge in [-0.2, -0.15) is 0 Å². The van der Waals surface area contributed by atoms with E-state index in [0.717, 1.165) is 5.56 Å². The van der Waals surface area contributed by atoms with E-state index in [2.05, 4.69) is 9.97 Å². The number of nitrogens with two attached hydrogens (primary N) is 1. The van der Waals surface area contributed by atoms with Gasteiger partial charge in [-0.3, -0.25) is 9.97 Å². The van der Waals surface area contributed by atoms with Crippen molar-refractivity contribution in [2.45, 2.75) is 12.5 Å². The predicted octanol–water partition coefficient (Wildman–Crippen LogP) is 1.86. The molecule has 2 aromatic rings. The quantitative estimate of drug-likeness (QED) is 0.853. The Balaban J connectivity index is 2.09. The van der Waals surface area contributed by atoms with Crippen molar-refractivity contribution in [3.05, 3.63) is 59.9 Å². The molecule has 16 heavy (non-hydrogen) atoms. The van der Waals surface area contributed by atoms with Crippen LogP contribution in [0.4, 0.5) is 4.39 Å². The molecule has 1 unspecified atom stereocenters. The first kappa shape index (κ1) is 10.7. The Labute approximate surface area is 93.2 Å². The molecule has 2 heterocycles. The first-order valence-electron chi connectivity index (χ1n) is 5.01. The molecule has 0 amide bonds. The smallest absolute Gasteiger partial charge is 0.141 e. The van der Waals surface area contributed by atoms with Gasteiger partial charge < -0.3 is 5.73 Å². The summed E-state index contributed by atoms with van der Waals surface area (Å²) < 4.78 is 12.7. The van der Waals surface area contributed by atoms with Crippen molar-refractivity contribution in [1.82, 2.24) is 9.97 Å². The Kier molecular flexibility index (Phi) is 3.22. The highest BCUT2D eigenvalue weighted by molar-refractivity contribution is 5.16. The molecule has 2 N–H and O–H groups in total. The summed E-state index contributed by atoms with van der Waals surface area (Å²) in [6.45, 7) is 0. The van der Waals surface area contributed by atoms with E-state index in [1.165, 1.54) is 12.3 Å². The van der Waals surface area contributed by atoms with Crippen LogP contribution in [0.3, 0.4) is 0 Å². The van der Waals surface area contributed by atoms with Gasteiger partial charge in [0.25, 0.3) is 0 Å². The molecule has 0 fully saturated rings. The molecule has 4 heteroatoms. The molecule has 0 saturated carbocycles. The summed E-state index contributed by atoms with van der Waals surface area (Å²) in [6.07, 6.45) is 5.29. The minimum Gasteiger partial charge on any atom is -0.322 e. The zero-order valence-corrected chi connectivity index (χ0v) is 8.68. The minimum absolute atomic E-state index is 0.219. The lowest BCUT2D eigenvalue weighted by Gasteiger charge is -2.10. The van der Waals surface area contributed by atoms with Crippen molar-refractivity contribution in [3.8, 4) is 0 Å². The molecule has 3 nitrogen and oxygen atoms in total. The average molecular weight is 217 g/mol. The summed E-state index contributed by atoms with van der Waals surface area (Å²) in [4.78, 5) is 7.89. The van der Waals surface area contributed by atoms with Crippen molar-refractivity contribution >= 4 is 0 Å². The Bertz CT molecular complexity index is 442. The minimum atomic E-state index is -0.347. The molecule has 0 aliphatic carbocycles. The molecule has 0 bridgehead atoms. The maximum Gasteiger partial charge on any atom is 0.141 e. The van der Waals surface area contributed by atoms with Gasteiger partial charge in [0.15, 0.2) is 0 Å². The van der Waals surface area contributed by atoms with Gasteiger partial charge in [-0.1, -0.05) is 0 Å². The van der Waals surface area contributed by atoms with Crippen LogP contribution in [0.1, 0.15) is 17.3 Å². The Morgan fingerprint density at radius 2 is 1.94 bits per heavy atom. The zero-order valence-electron chi connectivity index (χ0n) is 8.68. The van der Waals surface area contributed by atoms with Crippen LogP contribution in [-0.2, 0) is 6.42 Å². The van der Waals surface area contributed by atoms with Crippen LogP contribution in [-0.4, -0.2) is 9.97 Å². The molecule has 0 aliphatic rings. The first-order valence-corrected chi connectivity index (χ1v) is 5.01. The molecular weight excluding hydrogens is 205 g/mol. The third-order valence-corrected chi connectivity index (χ3v) is 2.34. The number of rotatable bonds is 3. The lowest BCUT2D eigenvalue weighted by atomic mass is 10.0. The van der Waals surface area contributed by atoms with Gasteiger partial charge in [0, 0.05) is 12.4 Å². The molecule has 2 aromatic heterocycles. The summed E-state index contributed by atoms with van der Waals surface area (Å²) in [6, 6.07) is 6.57. The summed E-state index contributed by atoms with van der Waals surface area (Å²) in [5.74, 6) is -0.347. The van der Waals surface area contributed by atoms with Gasteiger partial charge >= 0.3 is 0 Å². The summed E-state index contributed by atoms with van der Waals surface area (Å²) >= 11 is 0. The van der Waals surface area contributed by atoms with E-state index in [4.69, 9.17) is 5.73 Å². The highest BCUT2D eigenvalue weighted by Crippen LogP contribution is 2.13. The zero-order chi connectivity index (χ0) is 11.4. The van der Waals surface area contributed by atoms with E-state index < -0.39 is 0 Å². The van der Waals surface area contributed by atoms with Crippen molar-refractivity contribution < 1.29 is 4.39 Å². The van der Waals surface area contributed by atoms with Crippen LogP contribution in [0.15, 0.2) is 42.9 Å². The predicted molar refractivity (Wildman–Crippen MR) is 59.1 cm³/mol. The summed E-state index contributed by atoms with van der Waals surface area (Å²) in [7, 11) is 0. The van der Waals surface area contributed by atoms with Crippen LogP contribution in [0.25, 0.3) is 0 Å². The topological polar surface area (TPSA) is 51.8 Å². The van der Waals surface area contributed by atoms with Crippen molar-refractivity contribution in [1.29, 1.82) is 0 Å². The van der Waals surface area contributed by atoms with Crippen molar-refractivity contribution in [2.75, 3.05) is 0 Å². The van der Waals surface area contributed by atoms with Gasteiger partial charge in [-0.25, -0.2) is 4.39 Å². The molecule has 0 spiro atoms. The van der Waals surface area contributed by atoms with E-state index in [1.54, 1.807) is 18.5 Å². The number of nitrogens with zero attached hydrogens (tertiary/aromatic N) is 2. The first-order chi connectivity index (χ1) is 7.75. The van der Waals surface area contributed by atoms with E-state index in [0.29, 0.717) is 12.1 Å². The molecule has 0 saturated heterocycles. The van der Waals surface area contributed by atoms with Gasteiger partial charge in [0.1, 0.15) is 5.82 Å². The third kappa shape index (κ3) is 2.61. The summed E-state index contributed by atoms with van der Waals surface area (Å²) in [5, 5.41) is 0. The van der Waals surface area contributed by atoms with E-state index in [9.17, 15) is 4.39 Å². The molecule has 2 rings (SSSR count). The van der Waals surface area contributed by atoms with Crippen LogP contribution in [0, 0.1) is 5.82 Å². The molecule has 0 aliphatic heterocycles. The van der Waals surface area contributed by atoms with Gasteiger partial charge in [-0.05, 0) is 36.2 Å². The van der Waals surface area contributed by atoms with Crippen LogP contribution in [0.5, 0.6) is 0 Å². The molecular formula is C12H12FN3.